The van der Waals surface area contributed by atoms with Gasteiger partial charge in [0.25, 0.3) is 0 Å². The number of carbonyl (C=O) groups is 3. The third-order valence-corrected chi connectivity index (χ3v) is 4.45. The molecule has 29 heavy (non-hydrogen) atoms. The van der Waals surface area contributed by atoms with Gasteiger partial charge in [-0.3, -0.25) is 4.79 Å². The Morgan fingerprint density at radius 2 is 1.90 bits per heavy atom. The summed E-state index contributed by atoms with van der Waals surface area (Å²) in [4.78, 5) is 38.9. The van der Waals surface area contributed by atoms with E-state index in [1.54, 1.807) is 32.9 Å². The average molecular weight is 406 g/mol. The van der Waals surface area contributed by atoms with Crippen LogP contribution in [-0.4, -0.2) is 58.3 Å². The fourth-order valence-electron chi connectivity index (χ4n) is 3.10. The Labute approximate surface area is 171 Å². The molecule has 1 aromatic carbocycles. The second-order valence-corrected chi connectivity index (χ2v) is 8.15. The number of amides is 2. The van der Waals surface area contributed by atoms with Crippen molar-refractivity contribution < 1.29 is 29.0 Å². The zero-order valence-electron chi connectivity index (χ0n) is 17.4. The summed E-state index contributed by atoms with van der Waals surface area (Å²) in [7, 11) is 0. The molecular weight excluding hydrogens is 376 g/mol. The highest BCUT2D eigenvalue weighted by Gasteiger charge is 2.41. The predicted octanol–water partition coefficient (Wildman–Crippen LogP) is 1.99. The number of carbonyl (C=O) groups excluding carboxylic acids is 3. The van der Waals surface area contributed by atoms with Gasteiger partial charge < -0.3 is 24.8 Å². The number of rotatable bonds is 6. The van der Waals surface area contributed by atoms with Gasteiger partial charge in [-0.15, -0.1) is 0 Å². The zero-order valence-corrected chi connectivity index (χ0v) is 17.4. The Kier molecular flexibility index (Phi) is 7.61. The lowest BCUT2D eigenvalue weighted by atomic mass is 10.1. The minimum Gasteiger partial charge on any atom is -0.458 e. The normalized spacial score (nSPS) is 18.7. The topological polar surface area (TPSA) is 105 Å². The van der Waals surface area contributed by atoms with Crippen molar-refractivity contribution in [2.45, 2.75) is 70.9 Å². The molecule has 2 amide bonds. The first kappa shape index (κ1) is 22.7. The molecule has 2 rings (SSSR count). The van der Waals surface area contributed by atoms with Gasteiger partial charge in [-0.05, 0) is 46.1 Å². The van der Waals surface area contributed by atoms with E-state index in [1.807, 2.05) is 18.2 Å². The molecule has 0 saturated carbocycles. The van der Waals surface area contributed by atoms with Crippen LogP contribution in [0.15, 0.2) is 30.3 Å². The maximum atomic E-state index is 13.0. The monoisotopic (exact) mass is 406 g/mol. The summed E-state index contributed by atoms with van der Waals surface area (Å²) in [6.45, 7) is 7.07. The Morgan fingerprint density at radius 3 is 2.48 bits per heavy atom. The molecule has 0 aromatic heterocycles. The van der Waals surface area contributed by atoms with Gasteiger partial charge in [-0.25, -0.2) is 9.59 Å². The number of aliphatic hydroxyl groups is 1. The third-order valence-electron chi connectivity index (χ3n) is 4.45. The molecule has 0 radical (unpaired) electrons. The van der Waals surface area contributed by atoms with Crippen LogP contribution in [0, 0.1) is 0 Å². The summed E-state index contributed by atoms with van der Waals surface area (Å²) in [6.07, 6.45) is -0.862. The molecule has 8 heteroatoms. The molecule has 1 aromatic rings. The van der Waals surface area contributed by atoms with E-state index >= 15 is 0 Å². The molecule has 3 atom stereocenters. The molecule has 0 unspecified atom stereocenters. The first-order valence-electron chi connectivity index (χ1n) is 9.77. The van der Waals surface area contributed by atoms with E-state index in [-0.39, 0.29) is 6.61 Å². The Balaban J connectivity index is 2.00. The summed E-state index contributed by atoms with van der Waals surface area (Å²) in [5, 5.41) is 12.5. The van der Waals surface area contributed by atoms with Gasteiger partial charge in [0.1, 0.15) is 24.3 Å². The van der Waals surface area contributed by atoms with Crippen LogP contribution >= 0.6 is 0 Å². The number of hydrogen-bond acceptors (Lipinski definition) is 6. The number of likely N-dealkylation sites (tertiary alicyclic amines) is 1. The number of hydrogen-bond donors (Lipinski definition) is 2. The van der Waals surface area contributed by atoms with E-state index in [1.165, 1.54) is 11.8 Å². The Morgan fingerprint density at radius 1 is 1.24 bits per heavy atom. The van der Waals surface area contributed by atoms with Crippen LogP contribution in [0.1, 0.15) is 46.1 Å². The number of alkyl carbamates (subject to hydrolysis) is 1. The van der Waals surface area contributed by atoms with Crippen LogP contribution in [0.2, 0.25) is 0 Å². The Hall–Kier alpha value is -2.61. The molecule has 0 aliphatic carbocycles. The van der Waals surface area contributed by atoms with Gasteiger partial charge in [-0.2, -0.15) is 0 Å². The van der Waals surface area contributed by atoms with Gasteiger partial charge >= 0.3 is 12.1 Å². The van der Waals surface area contributed by atoms with Crippen molar-refractivity contribution in [2.24, 2.45) is 0 Å². The minimum absolute atomic E-state index is 0.0393. The number of esters is 1. The lowest BCUT2D eigenvalue weighted by molar-refractivity contribution is -0.164. The summed E-state index contributed by atoms with van der Waals surface area (Å²) in [5.41, 5.74) is 0.129. The van der Waals surface area contributed by atoms with Crippen molar-refractivity contribution >= 4 is 18.0 Å². The second-order valence-electron chi connectivity index (χ2n) is 8.15. The molecule has 1 fully saturated rings. The van der Waals surface area contributed by atoms with Crippen molar-refractivity contribution in [1.82, 2.24) is 10.2 Å². The molecular formula is C21H30N2O6. The van der Waals surface area contributed by atoms with Gasteiger partial charge in [0.15, 0.2) is 0 Å². The minimum atomic E-state index is -1.22. The number of ether oxygens (including phenoxy) is 2. The van der Waals surface area contributed by atoms with Crippen molar-refractivity contribution in [2.75, 3.05) is 6.54 Å². The SMILES string of the molecule is C[C@@H](O)[C@H](NC(=O)OCc1ccccc1)C(=O)N1CCC[C@H]1C(=O)OC(C)(C)C. The summed E-state index contributed by atoms with van der Waals surface area (Å²) in [5.74, 6) is -1.02. The fourth-order valence-corrected chi connectivity index (χ4v) is 3.10. The van der Waals surface area contributed by atoms with E-state index in [9.17, 15) is 19.5 Å². The molecule has 1 aliphatic heterocycles. The van der Waals surface area contributed by atoms with Crippen LogP contribution in [0.5, 0.6) is 0 Å². The van der Waals surface area contributed by atoms with E-state index < -0.39 is 41.8 Å². The number of benzene rings is 1. The highest BCUT2D eigenvalue weighted by Crippen LogP contribution is 2.22. The number of nitrogens with zero attached hydrogens (tertiary/aromatic N) is 1. The maximum Gasteiger partial charge on any atom is 0.408 e. The number of aliphatic hydroxyl groups excluding tert-OH is 1. The van der Waals surface area contributed by atoms with E-state index in [0.29, 0.717) is 19.4 Å². The highest BCUT2D eigenvalue weighted by molar-refractivity contribution is 5.90. The maximum absolute atomic E-state index is 13.0. The lowest BCUT2D eigenvalue weighted by Crippen LogP contribution is -2.56. The first-order chi connectivity index (χ1) is 13.6. The standard InChI is InChI=1S/C21H30N2O6/c1-14(24)17(22-20(27)28-13-15-9-6-5-7-10-15)18(25)23-12-8-11-16(23)19(26)29-21(2,3)4/h5-7,9-10,14,16-17,24H,8,11-13H2,1-4H3,(H,22,27)/t14-,16+,17+/m1/s1. The van der Waals surface area contributed by atoms with Crippen molar-refractivity contribution in [3.63, 3.8) is 0 Å². The van der Waals surface area contributed by atoms with Gasteiger partial charge in [0, 0.05) is 6.54 Å². The van der Waals surface area contributed by atoms with E-state index in [0.717, 1.165) is 5.56 Å². The second kappa shape index (κ2) is 9.73. The molecule has 2 N–H and O–H groups in total. The van der Waals surface area contributed by atoms with Crippen LogP contribution < -0.4 is 5.32 Å². The summed E-state index contributed by atoms with van der Waals surface area (Å²) < 4.78 is 10.5. The molecule has 160 valence electrons. The third kappa shape index (κ3) is 6.74. The fraction of sp³-hybridized carbons (Fsp3) is 0.571. The molecule has 8 nitrogen and oxygen atoms in total. The van der Waals surface area contributed by atoms with Gasteiger partial charge in [0.05, 0.1) is 6.10 Å². The quantitative estimate of drug-likeness (QED) is 0.700. The number of nitrogens with one attached hydrogen (secondary N) is 1. The Bertz CT molecular complexity index is 714. The van der Waals surface area contributed by atoms with Crippen LogP contribution in [0.4, 0.5) is 4.79 Å². The van der Waals surface area contributed by atoms with Crippen LogP contribution in [-0.2, 0) is 25.7 Å². The summed E-state index contributed by atoms with van der Waals surface area (Å²) in [6, 6.07) is 7.15. The predicted molar refractivity (Wildman–Crippen MR) is 106 cm³/mol. The van der Waals surface area contributed by atoms with Crippen LogP contribution in [0.3, 0.4) is 0 Å². The van der Waals surface area contributed by atoms with Crippen molar-refractivity contribution in [1.29, 1.82) is 0 Å². The molecule has 1 aliphatic rings. The molecule has 1 heterocycles. The molecule has 0 bridgehead atoms. The summed E-state index contributed by atoms with van der Waals surface area (Å²) >= 11 is 0. The van der Waals surface area contributed by atoms with Gasteiger partial charge in [0.2, 0.25) is 5.91 Å². The largest absolute Gasteiger partial charge is 0.458 e. The molecule has 0 spiro atoms. The van der Waals surface area contributed by atoms with E-state index in [2.05, 4.69) is 5.32 Å². The highest BCUT2D eigenvalue weighted by atomic mass is 16.6. The average Bonchev–Trinajstić information content (AvgIpc) is 3.13. The first-order valence-corrected chi connectivity index (χ1v) is 9.77. The zero-order chi connectivity index (χ0) is 21.6. The van der Waals surface area contributed by atoms with Crippen molar-refractivity contribution in [3.05, 3.63) is 35.9 Å². The lowest BCUT2D eigenvalue weighted by Gasteiger charge is -2.31. The smallest absolute Gasteiger partial charge is 0.408 e. The van der Waals surface area contributed by atoms with E-state index in [4.69, 9.17) is 9.47 Å². The van der Waals surface area contributed by atoms with Gasteiger partial charge in [-0.1, -0.05) is 30.3 Å². The molecule has 1 saturated heterocycles. The van der Waals surface area contributed by atoms with Crippen molar-refractivity contribution in [3.8, 4) is 0 Å². The van der Waals surface area contributed by atoms with Crippen LogP contribution in [0.25, 0.3) is 0 Å².